The second-order valence-corrected chi connectivity index (χ2v) is 13.7. The number of fused-ring (bicyclic) bond motifs is 9. The number of rotatable bonds is 5. The molecule has 11 rings (SSSR count). The first-order chi connectivity index (χ1) is 26.3. The minimum absolute atomic E-state index is 0.907. The lowest BCUT2D eigenvalue weighted by Crippen LogP contribution is -2.10. The lowest BCUT2D eigenvalue weighted by atomic mass is 10.0. The Morgan fingerprint density at radius 3 is 1.70 bits per heavy atom. The molecule has 0 saturated heterocycles. The molecule has 9 aromatic carbocycles. The van der Waals surface area contributed by atoms with Crippen LogP contribution >= 0.6 is 0 Å². The molecule has 3 heteroatoms. The molecule has 0 N–H and O–H groups in total. The summed E-state index contributed by atoms with van der Waals surface area (Å²) in [6.45, 7) is 0. The molecule has 0 fully saturated rings. The van der Waals surface area contributed by atoms with Gasteiger partial charge in [-0.25, -0.2) is 0 Å². The molecule has 11 aromatic rings. The zero-order valence-corrected chi connectivity index (χ0v) is 28.8. The fourth-order valence-electron chi connectivity index (χ4n) is 8.27. The summed E-state index contributed by atoms with van der Waals surface area (Å²) in [5.41, 5.74) is 11.0. The van der Waals surface area contributed by atoms with Crippen molar-refractivity contribution in [3.05, 3.63) is 194 Å². The Balaban J connectivity index is 1.02. The predicted molar refractivity (Wildman–Crippen MR) is 223 cm³/mol. The van der Waals surface area contributed by atoms with E-state index in [9.17, 15) is 0 Å². The van der Waals surface area contributed by atoms with Crippen molar-refractivity contribution in [2.45, 2.75) is 0 Å². The Kier molecular flexibility index (Phi) is 6.55. The molecule has 248 valence electrons. The van der Waals surface area contributed by atoms with Crippen LogP contribution in [-0.4, -0.2) is 4.57 Å². The smallest absolute Gasteiger partial charge is 0.143 e. The Bertz CT molecular complexity index is 3110. The number of para-hydroxylation sites is 3. The highest BCUT2D eigenvalue weighted by Crippen LogP contribution is 2.42. The van der Waals surface area contributed by atoms with Crippen molar-refractivity contribution in [2.24, 2.45) is 0 Å². The Hall–Kier alpha value is -7.10. The SMILES string of the molecule is c1ccc2c(N(c3ccc(-c4ccc(-n5c6ccccc6c6ccccc65)cc4)cc3)c3ccc4ccc5c6ccccc6oc5c4c3)cccc2c1. The van der Waals surface area contributed by atoms with Crippen LogP contribution in [0.1, 0.15) is 0 Å². The van der Waals surface area contributed by atoms with E-state index in [1.807, 2.05) is 12.1 Å². The van der Waals surface area contributed by atoms with Gasteiger partial charge >= 0.3 is 0 Å². The van der Waals surface area contributed by atoms with Gasteiger partial charge in [-0.1, -0.05) is 127 Å². The van der Waals surface area contributed by atoms with E-state index < -0.39 is 0 Å². The van der Waals surface area contributed by atoms with E-state index in [0.29, 0.717) is 0 Å². The van der Waals surface area contributed by atoms with Crippen molar-refractivity contribution in [2.75, 3.05) is 4.90 Å². The zero-order chi connectivity index (χ0) is 34.9. The molecule has 0 aliphatic carbocycles. The van der Waals surface area contributed by atoms with Gasteiger partial charge in [-0.2, -0.15) is 0 Å². The monoisotopic (exact) mass is 676 g/mol. The van der Waals surface area contributed by atoms with E-state index in [1.165, 1.54) is 43.7 Å². The fourth-order valence-corrected chi connectivity index (χ4v) is 8.27. The maximum absolute atomic E-state index is 6.50. The van der Waals surface area contributed by atoms with Crippen LogP contribution in [0.3, 0.4) is 0 Å². The molecule has 0 bridgehead atoms. The van der Waals surface area contributed by atoms with Crippen LogP contribution in [0.2, 0.25) is 0 Å². The van der Waals surface area contributed by atoms with E-state index in [1.54, 1.807) is 0 Å². The lowest BCUT2D eigenvalue weighted by molar-refractivity contribution is 0.672. The van der Waals surface area contributed by atoms with Crippen LogP contribution < -0.4 is 4.90 Å². The highest BCUT2D eigenvalue weighted by Gasteiger charge is 2.18. The highest BCUT2D eigenvalue weighted by atomic mass is 16.3. The highest BCUT2D eigenvalue weighted by molar-refractivity contribution is 6.16. The average Bonchev–Trinajstić information content (AvgIpc) is 3.78. The Labute approximate surface area is 306 Å². The van der Waals surface area contributed by atoms with Crippen LogP contribution in [0.15, 0.2) is 199 Å². The summed E-state index contributed by atoms with van der Waals surface area (Å²) >= 11 is 0. The van der Waals surface area contributed by atoms with E-state index in [4.69, 9.17) is 4.42 Å². The van der Waals surface area contributed by atoms with Crippen LogP contribution in [0.25, 0.3) is 82.1 Å². The van der Waals surface area contributed by atoms with Crippen molar-refractivity contribution in [1.82, 2.24) is 4.57 Å². The largest absolute Gasteiger partial charge is 0.455 e. The van der Waals surface area contributed by atoms with Crippen molar-refractivity contribution in [3.8, 4) is 16.8 Å². The van der Waals surface area contributed by atoms with Gasteiger partial charge in [0.15, 0.2) is 0 Å². The van der Waals surface area contributed by atoms with Gasteiger partial charge < -0.3 is 13.9 Å². The number of hydrogen-bond acceptors (Lipinski definition) is 2. The number of aromatic nitrogens is 1. The van der Waals surface area contributed by atoms with Gasteiger partial charge in [0.25, 0.3) is 0 Å². The minimum atomic E-state index is 0.907. The predicted octanol–water partition coefficient (Wildman–Crippen LogP) is 14.1. The van der Waals surface area contributed by atoms with Crippen LogP contribution in [0.5, 0.6) is 0 Å². The molecule has 0 aliphatic rings. The summed E-state index contributed by atoms with van der Waals surface area (Å²) in [5.74, 6) is 0. The van der Waals surface area contributed by atoms with E-state index in [2.05, 4.69) is 191 Å². The van der Waals surface area contributed by atoms with Gasteiger partial charge in [0, 0.05) is 49.4 Å². The molecule has 0 saturated carbocycles. The Morgan fingerprint density at radius 1 is 0.377 bits per heavy atom. The maximum atomic E-state index is 6.50. The van der Waals surface area contributed by atoms with Gasteiger partial charge in [0.05, 0.1) is 16.7 Å². The molecular weight excluding hydrogens is 645 g/mol. The van der Waals surface area contributed by atoms with E-state index >= 15 is 0 Å². The van der Waals surface area contributed by atoms with Crippen molar-refractivity contribution < 1.29 is 4.42 Å². The summed E-state index contributed by atoms with van der Waals surface area (Å²) in [4.78, 5) is 2.37. The zero-order valence-electron chi connectivity index (χ0n) is 28.8. The molecule has 0 unspecified atom stereocenters. The summed E-state index contributed by atoms with van der Waals surface area (Å²) < 4.78 is 8.86. The third kappa shape index (κ3) is 4.68. The molecule has 0 amide bonds. The number of hydrogen-bond donors (Lipinski definition) is 0. The molecular formula is C50H32N2O. The summed E-state index contributed by atoms with van der Waals surface area (Å²) in [6.07, 6.45) is 0. The maximum Gasteiger partial charge on any atom is 0.143 e. The van der Waals surface area contributed by atoms with Crippen molar-refractivity contribution >= 4 is 82.4 Å². The summed E-state index contributed by atoms with van der Waals surface area (Å²) in [5, 5.41) is 9.46. The van der Waals surface area contributed by atoms with Crippen LogP contribution in [0.4, 0.5) is 17.1 Å². The first-order valence-electron chi connectivity index (χ1n) is 18.1. The van der Waals surface area contributed by atoms with Crippen molar-refractivity contribution in [1.29, 1.82) is 0 Å². The first kappa shape index (κ1) is 29.6. The van der Waals surface area contributed by atoms with Gasteiger partial charge in [-0.3, -0.25) is 0 Å². The minimum Gasteiger partial charge on any atom is -0.455 e. The van der Waals surface area contributed by atoms with Crippen molar-refractivity contribution in [3.63, 3.8) is 0 Å². The summed E-state index contributed by atoms with van der Waals surface area (Å²) in [6, 6.07) is 69.8. The molecule has 2 heterocycles. The van der Waals surface area contributed by atoms with Crippen LogP contribution in [-0.2, 0) is 0 Å². The second kappa shape index (κ2) is 11.7. The molecule has 0 radical (unpaired) electrons. The van der Waals surface area contributed by atoms with E-state index in [0.717, 1.165) is 55.5 Å². The molecule has 2 aromatic heterocycles. The molecule has 3 nitrogen and oxygen atoms in total. The number of furan rings is 1. The van der Waals surface area contributed by atoms with Gasteiger partial charge in [-0.15, -0.1) is 0 Å². The molecule has 53 heavy (non-hydrogen) atoms. The fraction of sp³-hybridized carbons (Fsp3) is 0. The lowest BCUT2D eigenvalue weighted by Gasteiger charge is -2.27. The molecule has 0 spiro atoms. The van der Waals surface area contributed by atoms with E-state index in [-0.39, 0.29) is 0 Å². The molecule has 0 atom stereocenters. The van der Waals surface area contributed by atoms with Gasteiger partial charge in [0.1, 0.15) is 11.2 Å². The number of anilines is 3. The van der Waals surface area contributed by atoms with Gasteiger partial charge in [0.2, 0.25) is 0 Å². The topological polar surface area (TPSA) is 21.3 Å². The first-order valence-corrected chi connectivity index (χ1v) is 18.1. The average molecular weight is 677 g/mol. The number of nitrogens with zero attached hydrogens (tertiary/aromatic N) is 2. The van der Waals surface area contributed by atoms with Crippen LogP contribution in [0, 0.1) is 0 Å². The number of benzene rings is 9. The second-order valence-electron chi connectivity index (χ2n) is 13.7. The normalized spacial score (nSPS) is 11.8. The summed E-state index contributed by atoms with van der Waals surface area (Å²) in [7, 11) is 0. The molecule has 0 aliphatic heterocycles. The third-order valence-corrected chi connectivity index (χ3v) is 10.8. The third-order valence-electron chi connectivity index (χ3n) is 10.8. The standard InChI is InChI=1S/C50H32N2O/c1-2-12-40-35(10-1)11-9-18-46(40)51(39-30-24-36-25-31-44-43-15-5-8-19-49(43)53-50(44)45(36)32-39)37-26-20-33(21-27-37)34-22-28-38(29-23-34)52-47-16-6-3-13-41(47)42-14-4-7-17-48(42)52/h1-32H. The van der Waals surface area contributed by atoms with Gasteiger partial charge in [-0.05, 0) is 88.6 Å². The Morgan fingerprint density at radius 2 is 0.943 bits per heavy atom. The quantitative estimate of drug-likeness (QED) is 0.181.